The van der Waals surface area contributed by atoms with Gasteiger partial charge in [-0.25, -0.2) is 4.98 Å². The third kappa shape index (κ3) is 1.28. The highest BCUT2D eigenvalue weighted by Crippen LogP contribution is 2.27. The number of aryl methyl sites for hydroxylation is 1. The summed E-state index contributed by atoms with van der Waals surface area (Å²) in [6, 6.07) is 7.89. The molecule has 0 aliphatic rings. The lowest BCUT2D eigenvalue weighted by Gasteiger charge is -2.04. The topological polar surface area (TPSA) is 36.7 Å². The van der Waals surface area contributed by atoms with E-state index in [0.29, 0.717) is 5.69 Å². The number of benzene rings is 1. The van der Waals surface area contributed by atoms with Gasteiger partial charge in [0.25, 0.3) is 0 Å². The number of nitrogens with zero attached hydrogens (tertiary/aromatic N) is 2. The van der Waals surface area contributed by atoms with E-state index in [2.05, 4.69) is 27.0 Å². The Kier molecular flexibility index (Phi) is 2.22. The van der Waals surface area contributed by atoms with Crippen LogP contribution in [0.5, 0.6) is 0 Å². The smallest absolute Gasteiger partial charge is 0.148 e. The first kappa shape index (κ1) is 9.17. The predicted octanol–water partition coefficient (Wildman–Crippen LogP) is 3.18. The number of hydrogen-bond donors (Lipinski definition) is 0. The van der Waals surface area contributed by atoms with Crippen molar-refractivity contribution in [2.24, 2.45) is 0 Å². The predicted molar refractivity (Wildman–Crippen MR) is 58.9 cm³/mol. The summed E-state index contributed by atoms with van der Waals surface area (Å²) in [6.07, 6.45) is 1.73. The second-order valence-electron chi connectivity index (χ2n) is 3.06. The summed E-state index contributed by atoms with van der Waals surface area (Å²) in [5, 5.41) is 10.9. The number of halogens is 1. The lowest BCUT2D eigenvalue weighted by Crippen LogP contribution is -1.88. The number of fused-ring (bicyclic) bond motifs is 1. The molecule has 0 radical (unpaired) electrons. The molecule has 0 aliphatic carbocycles. The summed E-state index contributed by atoms with van der Waals surface area (Å²) in [4.78, 5) is 4.08. The SMILES string of the molecule is Cc1cnc(C#N)c2cccc(Br)c12. The van der Waals surface area contributed by atoms with Crippen LogP contribution >= 0.6 is 15.9 Å². The van der Waals surface area contributed by atoms with Crippen molar-refractivity contribution in [1.29, 1.82) is 5.26 Å². The first-order chi connectivity index (χ1) is 6.74. The van der Waals surface area contributed by atoms with Crippen LogP contribution in [-0.4, -0.2) is 4.98 Å². The molecule has 1 aromatic carbocycles. The zero-order valence-corrected chi connectivity index (χ0v) is 9.17. The normalized spacial score (nSPS) is 10.1. The van der Waals surface area contributed by atoms with Gasteiger partial charge >= 0.3 is 0 Å². The molecule has 0 fully saturated rings. The van der Waals surface area contributed by atoms with Gasteiger partial charge in [-0.05, 0) is 18.6 Å². The Morgan fingerprint density at radius 3 is 2.93 bits per heavy atom. The quantitative estimate of drug-likeness (QED) is 0.716. The molecule has 1 aromatic heterocycles. The van der Waals surface area contributed by atoms with Crippen LogP contribution in [0.3, 0.4) is 0 Å². The van der Waals surface area contributed by atoms with Gasteiger partial charge in [0.05, 0.1) is 0 Å². The number of pyridine rings is 1. The Bertz CT molecular complexity index is 532. The zero-order valence-electron chi connectivity index (χ0n) is 7.58. The summed E-state index contributed by atoms with van der Waals surface area (Å²) >= 11 is 3.47. The molecule has 2 aromatic rings. The minimum atomic E-state index is 0.479. The van der Waals surface area contributed by atoms with Crippen LogP contribution in [-0.2, 0) is 0 Å². The van der Waals surface area contributed by atoms with Crippen LogP contribution in [0.25, 0.3) is 10.8 Å². The molecule has 1 heterocycles. The number of nitriles is 1. The number of hydrogen-bond acceptors (Lipinski definition) is 2. The lowest BCUT2D eigenvalue weighted by molar-refractivity contribution is 1.26. The van der Waals surface area contributed by atoms with Gasteiger partial charge in [-0.3, -0.25) is 0 Å². The highest BCUT2D eigenvalue weighted by Gasteiger charge is 2.06. The summed E-state index contributed by atoms with van der Waals surface area (Å²) in [7, 11) is 0. The van der Waals surface area contributed by atoms with Crippen molar-refractivity contribution in [2.75, 3.05) is 0 Å². The number of aromatic nitrogens is 1. The summed E-state index contributed by atoms with van der Waals surface area (Å²) < 4.78 is 1.01. The Balaban J connectivity index is 3.00. The van der Waals surface area contributed by atoms with Crippen molar-refractivity contribution < 1.29 is 0 Å². The molecule has 0 aliphatic heterocycles. The maximum atomic E-state index is 8.89. The molecule has 3 heteroatoms. The van der Waals surface area contributed by atoms with Crippen molar-refractivity contribution >= 4 is 26.7 Å². The molecular formula is C11H7BrN2. The second-order valence-corrected chi connectivity index (χ2v) is 3.92. The van der Waals surface area contributed by atoms with Crippen LogP contribution in [0.1, 0.15) is 11.3 Å². The van der Waals surface area contributed by atoms with Crippen molar-refractivity contribution in [3.63, 3.8) is 0 Å². The minimum Gasteiger partial charge on any atom is -0.245 e. The Morgan fingerprint density at radius 2 is 2.21 bits per heavy atom. The number of rotatable bonds is 0. The molecule has 0 amide bonds. The molecule has 0 bridgehead atoms. The molecule has 0 saturated carbocycles. The van der Waals surface area contributed by atoms with Gasteiger partial charge in [-0.2, -0.15) is 5.26 Å². The molecule has 14 heavy (non-hydrogen) atoms. The van der Waals surface area contributed by atoms with Crippen LogP contribution in [0, 0.1) is 18.3 Å². The van der Waals surface area contributed by atoms with Gasteiger partial charge in [0.2, 0.25) is 0 Å². The van der Waals surface area contributed by atoms with Gasteiger partial charge < -0.3 is 0 Å². The van der Waals surface area contributed by atoms with Crippen molar-refractivity contribution in [3.05, 3.63) is 40.1 Å². The third-order valence-corrected chi connectivity index (χ3v) is 2.82. The molecule has 0 atom stereocenters. The largest absolute Gasteiger partial charge is 0.245 e. The molecule has 2 nitrogen and oxygen atoms in total. The van der Waals surface area contributed by atoms with Crippen LogP contribution in [0.4, 0.5) is 0 Å². The van der Waals surface area contributed by atoms with Gasteiger partial charge in [-0.15, -0.1) is 0 Å². The van der Waals surface area contributed by atoms with Crippen LogP contribution < -0.4 is 0 Å². The summed E-state index contributed by atoms with van der Waals surface area (Å²) in [5.74, 6) is 0. The van der Waals surface area contributed by atoms with E-state index in [0.717, 1.165) is 20.8 Å². The minimum absolute atomic E-state index is 0.479. The van der Waals surface area contributed by atoms with Gasteiger partial charge in [0.15, 0.2) is 0 Å². The van der Waals surface area contributed by atoms with E-state index >= 15 is 0 Å². The van der Waals surface area contributed by atoms with Crippen LogP contribution in [0.2, 0.25) is 0 Å². The summed E-state index contributed by atoms with van der Waals surface area (Å²) in [5.41, 5.74) is 1.55. The van der Waals surface area contributed by atoms with Gasteiger partial charge in [0, 0.05) is 21.4 Å². The van der Waals surface area contributed by atoms with E-state index in [4.69, 9.17) is 5.26 Å². The average Bonchev–Trinajstić information content (AvgIpc) is 2.18. The van der Waals surface area contributed by atoms with E-state index in [9.17, 15) is 0 Å². The molecular weight excluding hydrogens is 240 g/mol. The average molecular weight is 247 g/mol. The molecule has 0 N–H and O–H groups in total. The van der Waals surface area contributed by atoms with E-state index in [-0.39, 0.29) is 0 Å². The fourth-order valence-corrected chi connectivity index (χ4v) is 2.19. The van der Waals surface area contributed by atoms with Crippen molar-refractivity contribution in [3.8, 4) is 6.07 Å². The highest BCUT2D eigenvalue weighted by molar-refractivity contribution is 9.10. The maximum Gasteiger partial charge on any atom is 0.148 e. The Morgan fingerprint density at radius 1 is 1.43 bits per heavy atom. The Labute approximate surface area is 90.3 Å². The van der Waals surface area contributed by atoms with E-state index in [1.54, 1.807) is 6.20 Å². The molecule has 0 spiro atoms. The van der Waals surface area contributed by atoms with Crippen LogP contribution in [0.15, 0.2) is 28.9 Å². The fraction of sp³-hybridized carbons (Fsp3) is 0.0909. The van der Waals surface area contributed by atoms with Crippen molar-refractivity contribution in [1.82, 2.24) is 4.98 Å². The van der Waals surface area contributed by atoms with E-state index in [1.807, 2.05) is 25.1 Å². The van der Waals surface area contributed by atoms with Crippen molar-refractivity contribution in [2.45, 2.75) is 6.92 Å². The standard InChI is InChI=1S/C11H7BrN2/c1-7-6-14-10(5-13)8-3-2-4-9(12)11(7)8/h2-4,6H,1H3. The third-order valence-electron chi connectivity index (χ3n) is 2.16. The lowest BCUT2D eigenvalue weighted by atomic mass is 10.1. The molecule has 68 valence electrons. The second kappa shape index (κ2) is 3.39. The first-order valence-electron chi connectivity index (χ1n) is 4.18. The first-order valence-corrected chi connectivity index (χ1v) is 4.97. The summed E-state index contributed by atoms with van der Waals surface area (Å²) in [6.45, 7) is 1.99. The van der Waals surface area contributed by atoms with Gasteiger partial charge in [0.1, 0.15) is 11.8 Å². The molecule has 2 rings (SSSR count). The Hall–Kier alpha value is -1.40. The zero-order chi connectivity index (χ0) is 10.1. The molecule has 0 saturated heterocycles. The fourth-order valence-electron chi connectivity index (χ4n) is 1.51. The van der Waals surface area contributed by atoms with Gasteiger partial charge in [-0.1, -0.05) is 28.1 Å². The van der Waals surface area contributed by atoms with E-state index in [1.165, 1.54) is 0 Å². The van der Waals surface area contributed by atoms with E-state index < -0.39 is 0 Å². The highest BCUT2D eigenvalue weighted by atomic mass is 79.9. The monoisotopic (exact) mass is 246 g/mol. The maximum absolute atomic E-state index is 8.89. The molecule has 0 unspecified atom stereocenters.